The van der Waals surface area contributed by atoms with Crippen LogP contribution in [-0.2, 0) is 6.42 Å². The van der Waals surface area contributed by atoms with Gasteiger partial charge in [0.15, 0.2) is 0 Å². The summed E-state index contributed by atoms with van der Waals surface area (Å²) in [5.41, 5.74) is 4.39. The number of hydrogen-bond acceptors (Lipinski definition) is 7. The number of aromatic nitrogens is 3. The quantitative estimate of drug-likeness (QED) is 0.590. The van der Waals surface area contributed by atoms with Crippen LogP contribution in [0.15, 0.2) is 30.7 Å². The number of nitrogens with one attached hydrogen (secondary N) is 1. The van der Waals surface area contributed by atoms with Crippen molar-refractivity contribution in [2.24, 2.45) is 5.84 Å². The molecule has 1 atom stereocenters. The monoisotopic (exact) mass is 275 g/mol. The summed E-state index contributed by atoms with van der Waals surface area (Å²) in [6, 6.07) is 3.62. The summed E-state index contributed by atoms with van der Waals surface area (Å²) in [6.07, 6.45) is 5.67. The van der Waals surface area contributed by atoms with E-state index < -0.39 is 0 Å². The number of hydrogen-bond donors (Lipinski definition) is 2. The Hall–Kier alpha value is -2.25. The number of hydrazine groups is 1. The molecule has 3 N–H and O–H groups in total. The summed E-state index contributed by atoms with van der Waals surface area (Å²) < 4.78 is 10.3. The Morgan fingerprint density at radius 2 is 2.15 bits per heavy atom. The van der Waals surface area contributed by atoms with Crippen molar-refractivity contribution in [3.63, 3.8) is 0 Å². The van der Waals surface area contributed by atoms with Crippen molar-refractivity contribution in [3.05, 3.63) is 42.0 Å². The van der Waals surface area contributed by atoms with E-state index in [1.807, 2.05) is 12.1 Å². The van der Waals surface area contributed by atoms with Crippen LogP contribution < -0.4 is 20.7 Å². The number of ether oxygens (including phenoxy) is 2. The summed E-state index contributed by atoms with van der Waals surface area (Å²) in [5.74, 6) is 6.40. The molecule has 0 fully saturated rings. The summed E-state index contributed by atoms with van der Waals surface area (Å²) in [5, 5.41) is 0. The fraction of sp³-hybridized carbons (Fsp3) is 0.308. The van der Waals surface area contributed by atoms with E-state index in [0.29, 0.717) is 23.9 Å². The Kier molecular flexibility index (Phi) is 4.80. The molecule has 0 aliphatic carbocycles. The molecule has 0 saturated carbocycles. The van der Waals surface area contributed by atoms with Gasteiger partial charge < -0.3 is 9.47 Å². The molecule has 7 nitrogen and oxygen atoms in total. The molecule has 2 aromatic heterocycles. The van der Waals surface area contributed by atoms with E-state index in [1.54, 1.807) is 12.4 Å². The average Bonchev–Trinajstić information content (AvgIpc) is 2.53. The maximum absolute atomic E-state index is 5.62. The second-order valence-electron chi connectivity index (χ2n) is 4.09. The van der Waals surface area contributed by atoms with Gasteiger partial charge in [-0.3, -0.25) is 16.3 Å². The molecule has 7 heteroatoms. The van der Waals surface area contributed by atoms with Crippen LogP contribution >= 0.6 is 0 Å². The molecular formula is C13H17N5O2. The largest absolute Gasteiger partial charge is 0.480 e. The fourth-order valence-corrected chi connectivity index (χ4v) is 1.84. The third-order valence-electron chi connectivity index (χ3n) is 2.84. The molecule has 106 valence electrons. The molecule has 2 heterocycles. The molecule has 0 amide bonds. The third-order valence-corrected chi connectivity index (χ3v) is 2.84. The van der Waals surface area contributed by atoms with Gasteiger partial charge in [0.25, 0.3) is 0 Å². The minimum Gasteiger partial charge on any atom is -0.480 e. The van der Waals surface area contributed by atoms with Gasteiger partial charge in [0.2, 0.25) is 11.8 Å². The van der Waals surface area contributed by atoms with Crippen LogP contribution in [0.5, 0.6) is 11.8 Å². The Labute approximate surface area is 117 Å². The number of methoxy groups -OCH3 is 2. The van der Waals surface area contributed by atoms with Gasteiger partial charge in [-0.1, -0.05) is 6.07 Å². The van der Waals surface area contributed by atoms with Crippen molar-refractivity contribution in [1.82, 2.24) is 20.4 Å². The highest BCUT2D eigenvalue weighted by atomic mass is 16.5. The molecular weight excluding hydrogens is 258 g/mol. The van der Waals surface area contributed by atoms with Gasteiger partial charge in [0.05, 0.1) is 26.5 Å². The van der Waals surface area contributed by atoms with Crippen molar-refractivity contribution in [1.29, 1.82) is 0 Å². The van der Waals surface area contributed by atoms with Gasteiger partial charge >= 0.3 is 0 Å². The molecule has 2 aromatic rings. The first-order valence-electron chi connectivity index (χ1n) is 6.08. The van der Waals surface area contributed by atoms with E-state index in [1.165, 1.54) is 20.4 Å². The Morgan fingerprint density at radius 3 is 2.75 bits per heavy atom. The van der Waals surface area contributed by atoms with E-state index in [9.17, 15) is 0 Å². The van der Waals surface area contributed by atoms with E-state index in [2.05, 4.69) is 20.4 Å². The number of nitrogens with two attached hydrogens (primary N) is 1. The van der Waals surface area contributed by atoms with Crippen LogP contribution in [-0.4, -0.2) is 29.2 Å². The van der Waals surface area contributed by atoms with Gasteiger partial charge in [-0.25, -0.2) is 4.98 Å². The molecule has 0 aliphatic heterocycles. The second kappa shape index (κ2) is 6.78. The third kappa shape index (κ3) is 3.19. The molecule has 0 bridgehead atoms. The van der Waals surface area contributed by atoms with Crippen LogP contribution in [0, 0.1) is 0 Å². The predicted octanol–water partition coefficient (Wildman–Crippen LogP) is 0.636. The zero-order chi connectivity index (χ0) is 14.4. The molecule has 0 spiro atoms. The molecule has 20 heavy (non-hydrogen) atoms. The van der Waals surface area contributed by atoms with Crippen molar-refractivity contribution >= 4 is 0 Å². The first-order chi connectivity index (χ1) is 9.78. The smallest absolute Gasteiger partial charge is 0.240 e. The molecule has 0 radical (unpaired) electrons. The lowest BCUT2D eigenvalue weighted by molar-refractivity contribution is 0.349. The van der Waals surface area contributed by atoms with Crippen LogP contribution in [0.3, 0.4) is 0 Å². The zero-order valence-corrected chi connectivity index (χ0v) is 11.4. The number of nitrogens with zero attached hydrogens (tertiary/aromatic N) is 3. The molecule has 2 rings (SSSR count). The van der Waals surface area contributed by atoms with Crippen LogP contribution in [0.4, 0.5) is 0 Å². The zero-order valence-electron chi connectivity index (χ0n) is 11.4. The highest BCUT2D eigenvalue weighted by Gasteiger charge is 2.19. The van der Waals surface area contributed by atoms with Gasteiger partial charge in [0.1, 0.15) is 5.69 Å². The summed E-state index contributed by atoms with van der Waals surface area (Å²) >= 11 is 0. The first kappa shape index (κ1) is 14.2. The van der Waals surface area contributed by atoms with Crippen molar-refractivity contribution in [3.8, 4) is 11.8 Å². The molecule has 0 aliphatic rings. The molecule has 0 saturated heterocycles. The lowest BCUT2D eigenvalue weighted by Crippen LogP contribution is -2.30. The predicted molar refractivity (Wildman–Crippen MR) is 73.1 cm³/mol. The summed E-state index contributed by atoms with van der Waals surface area (Å²) in [7, 11) is 3.06. The SMILES string of the molecule is COc1cnc(C(Cc2cccnc2)NN)c(OC)n1. The maximum atomic E-state index is 5.62. The maximum Gasteiger partial charge on any atom is 0.240 e. The van der Waals surface area contributed by atoms with Gasteiger partial charge in [-0.2, -0.15) is 4.98 Å². The lowest BCUT2D eigenvalue weighted by atomic mass is 10.1. The average molecular weight is 275 g/mol. The minimum absolute atomic E-state index is 0.229. The Bertz CT molecular complexity index is 550. The van der Waals surface area contributed by atoms with E-state index in [0.717, 1.165) is 5.56 Å². The summed E-state index contributed by atoms with van der Waals surface area (Å²) in [6.45, 7) is 0. The Morgan fingerprint density at radius 1 is 1.30 bits per heavy atom. The highest BCUT2D eigenvalue weighted by Crippen LogP contribution is 2.25. The lowest BCUT2D eigenvalue weighted by Gasteiger charge is -2.17. The van der Waals surface area contributed by atoms with E-state index in [-0.39, 0.29) is 6.04 Å². The van der Waals surface area contributed by atoms with Crippen molar-refractivity contribution in [2.75, 3.05) is 14.2 Å². The van der Waals surface area contributed by atoms with Gasteiger partial charge in [-0.05, 0) is 18.1 Å². The topological polar surface area (TPSA) is 95.2 Å². The van der Waals surface area contributed by atoms with Crippen LogP contribution in [0.1, 0.15) is 17.3 Å². The second-order valence-corrected chi connectivity index (χ2v) is 4.09. The van der Waals surface area contributed by atoms with Gasteiger partial charge in [-0.15, -0.1) is 0 Å². The van der Waals surface area contributed by atoms with Crippen LogP contribution in [0.25, 0.3) is 0 Å². The fourth-order valence-electron chi connectivity index (χ4n) is 1.84. The number of pyridine rings is 1. The highest BCUT2D eigenvalue weighted by molar-refractivity contribution is 5.27. The van der Waals surface area contributed by atoms with Crippen molar-refractivity contribution in [2.45, 2.75) is 12.5 Å². The standard InChI is InChI=1S/C13H17N5O2/c1-19-11-8-16-12(13(17-11)20-2)10(18-14)6-9-4-3-5-15-7-9/h3-5,7-8,10,18H,6,14H2,1-2H3. The molecule has 1 unspecified atom stereocenters. The van der Waals surface area contributed by atoms with E-state index >= 15 is 0 Å². The molecule has 0 aromatic carbocycles. The first-order valence-corrected chi connectivity index (χ1v) is 6.08. The van der Waals surface area contributed by atoms with Crippen molar-refractivity contribution < 1.29 is 9.47 Å². The van der Waals surface area contributed by atoms with Crippen LogP contribution in [0.2, 0.25) is 0 Å². The van der Waals surface area contributed by atoms with Gasteiger partial charge in [0, 0.05) is 12.4 Å². The normalized spacial score (nSPS) is 11.9. The minimum atomic E-state index is -0.229. The number of rotatable bonds is 6. The van der Waals surface area contributed by atoms with E-state index in [4.69, 9.17) is 15.3 Å². The summed E-state index contributed by atoms with van der Waals surface area (Å²) in [4.78, 5) is 12.6. The Balaban J connectivity index is 2.27.